The second kappa shape index (κ2) is 9.75. The molecule has 1 N–H and O–H groups in total. The molecule has 162 valence electrons. The maximum Gasteiger partial charge on any atom is 0.340 e. The number of para-hydroxylation sites is 1. The molecule has 2 rings (SSSR count). The monoisotopic (exact) mass is 432 g/mol. The lowest BCUT2D eigenvalue weighted by atomic mass is 10.1. The number of amides is 1. The first-order chi connectivity index (χ1) is 14.1. The van der Waals surface area contributed by atoms with Crippen LogP contribution in [0.15, 0.2) is 42.5 Å². The second-order valence-electron chi connectivity index (χ2n) is 7.08. The van der Waals surface area contributed by atoms with Gasteiger partial charge in [-0.15, -0.1) is 0 Å². The highest BCUT2D eigenvalue weighted by atomic mass is 32.2. The summed E-state index contributed by atoms with van der Waals surface area (Å²) in [7, 11) is -3.75. The molecule has 0 saturated carbocycles. The molecular weight excluding hydrogens is 404 g/mol. The lowest BCUT2D eigenvalue weighted by Gasteiger charge is -2.30. The lowest BCUT2D eigenvalue weighted by molar-refractivity contribution is -0.117. The topological polar surface area (TPSA) is 92.8 Å². The van der Waals surface area contributed by atoms with Crippen LogP contribution < -0.4 is 9.62 Å². The first-order valence-electron chi connectivity index (χ1n) is 9.73. The van der Waals surface area contributed by atoms with Crippen molar-refractivity contribution in [3.63, 3.8) is 0 Å². The van der Waals surface area contributed by atoms with Crippen LogP contribution in [-0.4, -0.2) is 39.2 Å². The number of sulfonamides is 1. The number of hydrogen-bond acceptors (Lipinski definition) is 5. The van der Waals surface area contributed by atoms with Crippen LogP contribution in [0.3, 0.4) is 0 Å². The number of anilines is 2. The maximum absolute atomic E-state index is 13.1. The van der Waals surface area contributed by atoms with Gasteiger partial charge in [-0.3, -0.25) is 9.10 Å². The molecule has 2 aromatic rings. The van der Waals surface area contributed by atoms with E-state index in [1.165, 1.54) is 0 Å². The summed E-state index contributed by atoms with van der Waals surface area (Å²) >= 11 is 0. The standard InChI is InChI=1S/C22H28N2O5S/c1-6-20(24(30(5,27)28)17-13-15(3)12-16(4)14-17)21(25)23-19-11-9-8-10-18(19)22(26)29-7-2/h8-14,20H,6-7H2,1-5H3,(H,23,25)/t20-/m0/s1. The highest BCUT2D eigenvalue weighted by molar-refractivity contribution is 7.92. The highest BCUT2D eigenvalue weighted by Gasteiger charge is 2.32. The summed E-state index contributed by atoms with van der Waals surface area (Å²) in [5, 5.41) is 2.71. The Morgan fingerprint density at radius 1 is 1.07 bits per heavy atom. The van der Waals surface area contributed by atoms with Gasteiger partial charge in [-0.05, 0) is 62.6 Å². The highest BCUT2D eigenvalue weighted by Crippen LogP contribution is 2.26. The van der Waals surface area contributed by atoms with Crippen LogP contribution in [0.2, 0.25) is 0 Å². The van der Waals surface area contributed by atoms with E-state index in [-0.39, 0.29) is 24.3 Å². The van der Waals surface area contributed by atoms with Crippen molar-refractivity contribution in [1.29, 1.82) is 0 Å². The number of nitrogens with zero attached hydrogens (tertiary/aromatic N) is 1. The zero-order chi connectivity index (χ0) is 22.5. The zero-order valence-corrected chi connectivity index (χ0v) is 18.7. The predicted octanol–water partition coefficient (Wildman–Crippen LogP) is 3.66. The van der Waals surface area contributed by atoms with Gasteiger partial charge in [0.25, 0.3) is 0 Å². The fourth-order valence-corrected chi connectivity index (χ4v) is 4.53. The van der Waals surface area contributed by atoms with Gasteiger partial charge in [0.05, 0.1) is 29.8 Å². The number of carbonyl (C=O) groups excluding carboxylic acids is 2. The van der Waals surface area contributed by atoms with Crippen LogP contribution in [0.1, 0.15) is 41.8 Å². The SMILES string of the molecule is CCOC(=O)c1ccccc1NC(=O)[C@H](CC)N(c1cc(C)cc(C)c1)S(C)(=O)=O. The average Bonchev–Trinajstić information content (AvgIpc) is 2.64. The van der Waals surface area contributed by atoms with Crippen LogP contribution in [-0.2, 0) is 19.6 Å². The first kappa shape index (κ1) is 23.4. The molecule has 0 saturated heterocycles. The molecule has 0 bridgehead atoms. The Bertz CT molecular complexity index is 1010. The van der Waals surface area contributed by atoms with Crippen molar-refractivity contribution in [2.24, 2.45) is 0 Å². The van der Waals surface area contributed by atoms with Gasteiger partial charge in [0.1, 0.15) is 6.04 Å². The average molecular weight is 433 g/mol. The Morgan fingerprint density at radius 3 is 2.20 bits per heavy atom. The van der Waals surface area contributed by atoms with Crippen molar-refractivity contribution in [3.05, 3.63) is 59.2 Å². The van der Waals surface area contributed by atoms with Crippen molar-refractivity contribution in [1.82, 2.24) is 0 Å². The molecule has 0 aromatic heterocycles. The minimum atomic E-state index is -3.75. The number of esters is 1. The van der Waals surface area contributed by atoms with Gasteiger partial charge in [-0.1, -0.05) is 25.1 Å². The number of aryl methyl sites for hydroxylation is 2. The van der Waals surface area contributed by atoms with E-state index in [0.29, 0.717) is 5.69 Å². The van der Waals surface area contributed by atoms with Crippen molar-refractivity contribution in [2.45, 2.75) is 40.2 Å². The molecule has 1 atom stereocenters. The molecule has 1 amide bonds. The summed E-state index contributed by atoms with van der Waals surface area (Å²) in [6, 6.07) is 10.9. The van der Waals surface area contributed by atoms with E-state index in [0.717, 1.165) is 21.7 Å². The number of rotatable bonds is 8. The third-order valence-electron chi connectivity index (χ3n) is 4.47. The maximum atomic E-state index is 13.1. The van der Waals surface area contributed by atoms with E-state index in [1.54, 1.807) is 50.2 Å². The molecule has 2 aromatic carbocycles. The van der Waals surface area contributed by atoms with Crippen molar-refractivity contribution < 1.29 is 22.7 Å². The third-order valence-corrected chi connectivity index (χ3v) is 5.65. The number of hydrogen-bond donors (Lipinski definition) is 1. The van der Waals surface area contributed by atoms with Gasteiger partial charge in [0, 0.05) is 0 Å². The largest absolute Gasteiger partial charge is 0.462 e. The van der Waals surface area contributed by atoms with Gasteiger partial charge in [0.2, 0.25) is 15.9 Å². The Labute approximate surface area is 178 Å². The first-order valence-corrected chi connectivity index (χ1v) is 11.6. The molecule has 30 heavy (non-hydrogen) atoms. The van der Waals surface area contributed by atoms with Gasteiger partial charge in [-0.25, -0.2) is 13.2 Å². The van der Waals surface area contributed by atoms with E-state index in [1.807, 2.05) is 19.9 Å². The van der Waals surface area contributed by atoms with Crippen LogP contribution >= 0.6 is 0 Å². The molecule has 0 aliphatic rings. The molecule has 0 aliphatic carbocycles. The summed E-state index contributed by atoms with van der Waals surface area (Å²) < 4.78 is 31.5. The molecule has 8 heteroatoms. The van der Waals surface area contributed by atoms with E-state index < -0.39 is 27.9 Å². The molecule has 0 fully saturated rings. The number of carbonyl (C=O) groups is 2. The molecule has 0 radical (unpaired) electrons. The van der Waals surface area contributed by atoms with Gasteiger partial charge < -0.3 is 10.1 Å². The Balaban J connectivity index is 2.44. The normalized spacial score (nSPS) is 12.2. The lowest BCUT2D eigenvalue weighted by Crippen LogP contribution is -2.47. The molecule has 0 heterocycles. The van der Waals surface area contributed by atoms with Crippen LogP contribution in [0.25, 0.3) is 0 Å². The van der Waals surface area contributed by atoms with Crippen LogP contribution in [0.4, 0.5) is 11.4 Å². The van der Waals surface area contributed by atoms with E-state index in [2.05, 4.69) is 5.32 Å². The molecular formula is C22H28N2O5S. The summed E-state index contributed by atoms with van der Waals surface area (Å²) in [6.45, 7) is 7.37. The Kier molecular flexibility index (Phi) is 7.61. The molecule has 0 spiro atoms. The molecule has 7 nitrogen and oxygen atoms in total. The van der Waals surface area contributed by atoms with Crippen molar-refractivity contribution in [3.8, 4) is 0 Å². The quantitative estimate of drug-likeness (QED) is 0.643. The van der Waals surface area contributed by atoms with Crippen molar-refractivity contribution in [2.75, 3.05) is 22.5 Å². The Morgan fingerprint density at radius 2 is 1.67 bits per heavy atom. The smallest absolute Gasteiger partial charge is 0.340 e. The molecule has 0 unspecified atom stereocenters. The predicted molar refractivity (Wildman–Crippen MR) is 118 cm³/mol. The van der Waals surface area contributed by atoms with Gasteiger partial charge >= 0.3 is 5.97 Å². The summed E-state index contributed by atoms with van der Waals surface area (Å²) in [5.74, 6) is -1.09. The minimum absolute atomic E-state index is 0.202. The van der Waals surface area contributed by atoms with E-state index in [9.17, 15) is 18.0 Å². The number of benzene rings is 2. The second-order valence-corrected chi connectivity index (χ2v) is 8.94. The molecule has 0 aliphatic heterocycles. The number of nitrogens with one attached hydrogen (secondary N) is 1. The Hall–Kier alpha value is -2.87. The van der Waals surface area contributed by atoms with E-state index in [4.69, 9.17) is 4.74 Å². The summed E-state index contributed by atoms with van der Waals surface area (Å²) in [6.07, 6.45) is 1.32. The van der Waals surface area contributed by atoms with Gasteiger partial charge in [0.15, 0.2) is 0 Å². The van der Waals surface area contributed by atoms with Crippen LogP contribution in [0.5, 0.6) is 0 Å². The number of ether oxygens (including phenoxy) is 1. The van der Waals surface area contributed by atoms with Crippen molar-refractivity contribution >= 4 is 33.3 Å². The summed E-state index contributed by atoms with van der Waals surface area (Å²) in [4.78, 5) is 25.3. The van der Waals surface area contributed by atoms with Crippen LogP contribution in [0, 0.1) is 13.8 Å². The zero-order valence-electron chi connectivity index (χ0n) is 17.9. The van der Waals surface area contributed by atoms with Gasteiger partial charge in [-0.2, -0.15) is 0 Å². The fraction of sp³-hybridized carbons (Fsp3) is 0.364. The fourth-order valence-electron chi connectivity index (χ4n) is 3.33. The third kappa shape index (κ3) is 5.60. The van der Waals surface area contributed by atoms with E-state index >= 15 is 0 Å². The summed E-state index contributed by atoms with van der Waals surface area (Å²) in [5.41, 5.74) is 2.69. The minimum Gasteiger partial charge on any atom is -0.462 e.